The quantitative estimate of drug-likeness (QED) is 0.839. The zero-order chi connectivity index (χ0) is 16.7. The lowest BCUT2D eigenvalue weighted by Gasteiger charge is -2.43. The number of carbonyl (C=O) groups is 1. The Morgan fingerprint density at radius 3 is 2.79 bits per heavy atom. The van der Waals surface area contributed by atoms with Crippen molar-refractivity contribution in [2.45, 2.75) is 44.4 Å². The Bertz CT molecular complexity index is 821. The Balaban J connectivity index is 1.62. The molecule has 24 heavy (non-hydrogen) atoms. The predicted octanol–water partition coefficient (Wildman–Crippen LogP) is 1.51. The summed E-state index contributed by atoms with van der Waals surface area (Å²) in [6, 6.07) is 7.78. The molecule has 1 amide bonds. The maximum Gasteiger partial charge on any atom is 0.329 e. The molecule has 6 heteroatoms. The first-order valence-electron chi connectivity index (χ1n) is 8.72. The summed E-state index contributed by atoms with van der Waals surface area (Å²) >= 11 is 0. The van der Waals surface area contributed by atoms with Crippen LogP contribution in [0.4, 0.5) is 0 Å². The largest absolute Gasteiger partial charge is 0.374 e. The fraction of sp³-hybridized carbons (Fsp3) is 0.556. The summed E-state index contributed by atoms with van der Waals surface area (Å²) in [5.41, 5.74) is 1.53. The number of fused-ring (bicyclic) bond motifs is 2. The van der Waals surface area contributed by atoms with Crippen molar-refractivity contribution in [1.29, 1.82) is 0 Å². The van der Waals surface area contributed by atoms with Gasteiger partial charge in [-0.3, -0.25) is 13.9 Å². The van der Waals surface area contributed by atoms with Gasteiger partial charge in [-0.1, -0.05) is 25.0 Å². The third-order valence-electron chi connectivity index (χ3n) is 5.40. The molecule has 2 fully saturated rings. The van der Waals surface area contributed by atoms with Crippen molar-refractivity contribution in [3.05, 3.63) is 34.7 Å². The van der Waals surface area contributed by atoms with Crippen LogP contribution in [0.2, 0.25) is 0 Å². The monoisotopic (exact) mass is 329 g/mol. The van der Waals surface area contributed by atoms with Gasteiger partial charge in [0.05, 0.1) is 29.8 Å². The van der Waals surface area contributed by atoms with Crippen LogP contribution in [0, 0.1) is 0 Å². The minimum Gasteiger partial charge on any atom is -0.374 e. The number of amides is 1. The molecule has 4 rings (SSSR count). The van der Waals surface area contributed by atoms with E-state index in [1.807, 2.05) is 29.2 Å². The lowest BCUT2D eigenvalue weighted by atomic mass is 9.90. The van der Waals surface area contributed by atoms with E-state index in [1.165, 1.54) is 6.42 Å². The number of rotatable bonds is 2. The fourth-order valence-corrected chi connectivity index (χ4v) is 4.15. The van der Waals surface area contributed by atoms with Crippen LogP contribution < -0.4 is 5.69 Å². The number of morpholine rings is 1. The molecule has 6 nitrogen and oxygen atoms in total. The number of imidazole rings is 1. The number of hydrogen-bond acceptors (Lipinski definition) is 3. The van der Waals surface area contributed by atoms with Gasteiger partial charge in [0.2, 0.25) is 5.91 Å². The molecule has 2 aliphatic rings. The standard InChI is InChI=1S/C18H23N3O3/c1-19-13-6-2-3-7-14(13)21(18(19)23)12-17(22)20-10-11-24-16-9-5-4-8-15(16)20/h2-3,6-7,15-16H,4-5,8-12H2,1H3/t15-,16-/m0/s1. The summed E-state index contributed by atoms with van der Waals surface area (Å²) in [7, 11) is 1.75. The van der Waals surface area contributed by atoms with E-state index in [-0.39, 0.29) is 30.3 Å². The van der Waals surface area contributed by atoms with Gasteiger partial charge < -0.3 is 9.64 Å². The SMILES string of the molecule is Cn1c(=O)n(CC(=O)N2CCO[C@H]3CCCC[C@@H]32)c2ccccc21. The van der Waals surface area contributed by atoms with E-state index in [9.17, 15) is 9.59 Å². The normalized spacial score (nSPS) is 24.1. The van der Waals surface area contributed by atoms with Crippen LogP contribution in [0.15, 0.2) is 29.1 Å². The highest BCUT2D eigenvalue weighted by atomic mass is 16.5. The predicted molar refractivity (Wildman–Crippen MR) is 90.9 cm³/mol. The van der Waals surface area contributed by atoms with Crippen LogP contribution >= 0.6 is 0 Å². The first-order chi connectivity index (χ1) is 11.7. The first kappa shape index (κ1) is 15.4. The molecule has 0 radical (unpaired) electrons. The van der Waals surface area contributed by atoms with Crippen molar-refractivity contribution in [1.82, 2.24) is 14.0 Å². The van der Waals surface area contributed by atoms with Gasteiger partial charge in [0.15, 0.2) is 0 Å². The molecule has 128 valence electrons. The van der Waals surface area contributed by atoms with E-state index in [1.54, 1.807) is 16.2 Å². The summed E-state index contributed by atoms with van der Waals surface area (Å²) in [5.74, 6) is 0.0219. The molecule has 1 aliphatic heterocycles. The fourth-order valence-electron chi connectivity index (χ4n) is 4.15. The molecule has 1 aromatic heterocycles. The lowest BCUT2D eigenvalue weighted by Crippen LogP contribution is -2.55. The highest BCUT2D eigenvalue weighted by Gasteiger charge is 2.36. The van der Waals surface area contributed by atoms with Crippen LogP contribution in [0.3, 0.4) is 0 Å². The van der Waals surface area contributed by atoms with Crippen LogP contribution in [0.5, 0.6) is 0 Å². The number of ether oxygens (including phenoxy) is 1. The average Bonchev–Trinajstić information content (AvgIpc) is 2.86. The van der Waals surface area contributed by atoms with Crippen molar-refractivity contribution < 1.29 is 9.53 Å². The van der Waals surface area contributed by atoms with Gasteiger partial charge in [0.25, 0.3) is 0 Å². The van der Waals surface area contributed by atoms with Crippen molar-refractivity contribution in [3.63, 3.8) is 0 Å². The van der Waals surface area contributed by atoms with Gasteiger partial charge in [-0.15, -0.1) is 0 Å². The number of hydrogen-bond donors (Lipinski definition) is 0. The molecule has 0 spiro atoms. The number of benzene rings is 1. The summed E-state index contributed by atoms with van der Waals surface area (Å²) in [6.07, 6.45) is 4.51. The van der Waals surface area contributed by atoms with Crippen molar-refractivity contribution in [2.24, 2.45) is 7.05 Å². The van der Waals surface area contributed by atoms with Crippen molar-refractivity contribution >= 4 is 16.9 Å². The smallest absolute Gasteiger partial charge is 0.329 e. The number of aromatic nitrogens is 2. The highest BCUT2D eigenvalue weighted by Crippen LogP contribution is 2.28. The Kier molecular flexibility index (Phi) is 3.92. The van der Waals surface area contributed by atoms with E-state index in [4.69, 9.17) is 4.74 Å². The zero-order valence-corrected chi connectivity index (χ0v) is 14.0. The molecule has 1 saturated heterocycles. The third-order valence-corrected chi connectivity index (χ3v) is 5.40. The second-order valence-corrected chi connectivity index (χ2v) is 6.76. The van der Waals surface area contributed by atoms with E-state index in [0.29, 0.717) is 13.2 Å². The van der Waals surface area contributed by atoms with Crippen LogP contribution in [-0.4, -0.2) is 45.2 Å². The van der Waals surface area contributed by atoms with Gasteiger partial charge in [-0.25, -0.2) is 4.79 Å². The maximum atomic E-state index is 12.9. The van der Waals surface area contributed by atoms with Crippen molar-refractivity contribution in [3.8, 4) is 0 Å². The zero-order valence-electron chi connectivity index (χ0n) is 14.0. The number of para-hydroxylation sites is 2. The molecule has 2 heterocycles. The van der Waals surface area contributed by atoms with Gasteiger partial charge in [0.1, 0.15) is 6.54 Å². The van der Waals surface area contributed by atoms with Gasteiger partial charge in [0, 0.05) is 13.6 Å². The van der Waals surface area contributed by atoms with Crippen LogP contribution in [0.25, 0.3) is 11.0 Å². The molecule has 0 bridgehead atoms. The van der Waals surface area contributed by atoms with E-state index < -0.39 is 0 Å². The maximum absolute atomic E-state index is 12.9. The molecular weight excluding hydrogens is 306 g/mol. The molecule has 1 aliphatic carbocycles. The summed E-state index contributed by atoms with van der Waals surface area (Å²) in [6.45, 7) is 1.32. The Morgan fingerprint density at radius 1 is 1.21 bits per heavy atom. The minimum absolute atomic E-state index is 0.0219. The Labute approximate surface area is 140 Å². The topological polar surface area (TPSA) is 56.5 Å². The number of nitrogens with zero attached hydrogens (tertiary/aromatic N) is 3. The van der Waals surface area contributed by atoms with E-state index in [0.717, 1.165) is 30.3 Å². The molecule has 1 aromatic carbocycles. The number of aryl methyl sites for hydroxylation is 1. The van der Waals surface area contributed by atoms with Gasteiger partial charge >= 0.3 is 5.69 Å². The average molecular weight is 329 g/mol. The Hall–Kier alpha value is -2.08. The lowest BCUT2D eigenvalue weighted by molar-refractivity contribution is -0.150. The number of carbonyl (C=O) groups excluding carboxylic acids is 1. The summed E-state index contributed by atoms with van der Waals surface area (Å²) < 4.78 is 9.03. The third kappa shape index (κ3) is 2.45. The summed E-state index contributed by atoms with van der Waals surface area (Å²) in [5, 5.41) is 0. The molecule has 2 aromatic rings. The minimum atomic E-state index is -0.141. The van der Waals surface area contributed by atoms with E-state index in [2.05, 4.69) is 0 Å². The van der Waals surface area contributed by atoms with Gasteiger partial charge in [-0.05, 0) is 25.0 Å². The van der Waals surface area contributed by atoms with E-state index >= 15 is 0 Å². The molecule has 1 saturated carbocycles. The van der Waals surface area contributed by atoms with Crippen LogP contribution in [0.1, 0.15) is 25.7 Å². The van der Waals surface area contributed by atoms with Crippen LogP contribution in [-0.2, 0) is 23.1 Å². The molecular formula is C18H23N3O3. The first-order valence-corrected chi connectivity index (χ1v) is 8.72. The Morgan fingerprint density at radius 2 is 1.96 bits per heavy atom. The molecule has 0 unspecified atom stereocenters. The summed E-state index contributed by atoms with van der Waals surface area (Å²) in [4.78, 5) is 27.4. The van der Waals surface area contributed by atoms with Crippen molar-refractivity contribution in [2.75, 3.05) is 13.2 Å². The second kappa shape index (κ2) is 6.09. The molecule has 2 atom stereocenters. The molecule has 0 N–H and O–H groups in total. The second-order valence-electron chi connectivity index (χ2n) is 6.76. The highest BCUT2D eigenvalue weighted by molar-refractivity contribution is 5.81. The van der Waals surface area contributed by atoms with Gasteiger partial charge in [-0.2, -0.15) is 0 Å².